The van der Waals surface area contributed by atoms with E-state index in [4.69, 9.17) is 11.6 Å². The fourth-order valence-electron chi connectivity index (χ4n) is 4.11. The summed E-state index contributed by atoms with van der Waals surface area (Å²) in [7, 11) is 0. The third kappa shape index (κ3) is 5.26. The molecule has 0 bridgehead atoms. The first kappa shape index (κ1) is 22.6. The van der Waals surface area contributed by atoms with Crippen LogP contribution in [0.2, 0.25) is 5.02 Å². The molecule has 8 heteroatoms. The summed E-state index contributed by atoms with van der Waals surface area (Å²) < 4.78 is 38.4. The molecule has 0 radical (unpaired) electrons. The van der Waals surface area contributed by atoms with E-state index in [0.29, 0.717) is 48.6 Å². The molecule has 4 nitrogen and oxygen atoms in total. The molecule has 1 aliphatic carbocycles. The van der Waals surface area contributed by atoms with Gasteiger partial charge in [-0.15, -0.1) is 0 Å². The second kappa shape index (κ2) is 9.14. The van der Waals surface area contributed by atoms with Crippen molar-refractivity contribution < 1.29 is 22.8 Å². The number of hydrogen-bond donors (Lipinski definition) is 0. The Morgan fingerprint density at radius 2 is 1.53 bits per heavy atom. The highest BCUT2D eigenvalue weighted by molar-refractivity contribution is 6.30. The summed E-state index contributed by atoms with van der Waals surface area (Å²) in [5, 5.41) is 0.569. The monoisotopic (exact) mass is 464 g/mol. The number of nitrogens with zero attached hydrogens (tertiary/aromatic N) is 2. The Morgan fingerprint density at radius 1 is 0.938 bits per heavy atom. The maximum absolute atomic E-state index is 13.2. The average molecular weight is 465 g/mol. The van der Waals surface area contributed by atoms with Crippen LogP contribution in [-0.2, 0) is 17.5 Å². The SMILES string of the molecule is O=C(c1ccc(Cl)cc1)N1CCC(C(=O)N(Cc2ccc(C(F)(F)F)cc2)C2CC2)CC1. The van der Waals surface area contributed by atoms with E-state index >= 15 is 0 Å². The molecule has 0 N–H and O–H groups in total. The Kier molecular flexibility index (Phi) is 6.47. The molecular weight excluding hydrogens is 441 g/mol. The summed E-state index contributed by atoms with van der Waals surface area (Å²) in [4.78, 5) is 29.5. The Balaban J connectivity index is 1.36. The highest BCUT2D eigenvalue weighted by atomic mass is 35.5. The van der Waals surface area contributed by atoms with Crippen molar-refractivity contribution >= 4 is 23.4 Å². The van der Waals surface area contributed by atoms with Gasteiger partial charge in [-0.1, -0.05) is 23.7 Å². The number of carbonyl (C=O) groups excluding carboxylic acids is 2. The first-order valence-electron chi connectivity index (χ1n) is 10.7. The molecule has 1 saturated heterocycles. The number of hydrogen-bond acceptors (Lipinski definition) is 2. The van der Waals surface area contributed by atoms with Gasteiger partial charge in [0.2, 0.25) is 5.91 Å². The standard InChI is InChI=1S/C24H24ClF3N2O2/c25-20-7-3-17(4-8-20)22(31)29-13-11-18(12-14-29)23(32)30(21-9-10-21)15-16-1-5-19(6-2-16)24(26,27)28/h1-8,18,21H,9-15H2. The van der Waals surface area contributed by atoms with Crippen LogP contribution < -0.4 is 0 Å². The van der Waals surface area contributed by atoms with Gasteiger partial charge in [-0.3, -0.25) is 9.59 Å². The van der Waals surface area contributed by atoms with Gasteiger partial charge in [-0.25, -0.2) is 0 Å². The van der Waals surface area contributed by atoms with Crippen LogP contribution in [-0.4, -0.2) is 40.7 Å². The lowest BCUT2D eigenvalue weighted by Crippen LogP contribution is -2.44. The Labute approximate surface area is 189 Å². The van der Waals surface area contributed by atoms with Crippen LogP contribution in [0.3, 0.4) is 0 Å². The maximum atomic E-state index is 13.2. The predicted molar refractivity (Wildman–Crippen MR) is 115 cm³/mol. The number of benzene rings is 2. The Morgan fingerprint density at radius 3 is 2.06 bits per heavy atom. The summed E-state index contributed by atoms with van der Waals surface area (Å²) in [6, 6.07) is 11.9. The van der Waals surface area contributed by atoms with Crippen LogP contribution >= 0.6 is 11.6 Å². The second-order valence-corrected chi connectivity index (χ2v) is 8.90. The molecule has 1 aliphatic heterocycles. The van der Waals surface area contributed by atoms with Crippen molar-refractivity contribution in [3.8, 4) is 0 Å². The number of halogens is 4. The quantitative estimate of drug-likeness (QED) is 0.594. The second-order valence-electron chi connectivity index (χ2n) is 8.47. The number of alkyl halides is 3. The number of rotatable bonds is 5. The molecule has 4 rings (SSSR count). The summed E-state index contributed by atoms with van der Waals surface area (Å²) >= 11 is 5.88. The minimum Gasteiger partial charge on any atom is -0.339 e. The van der Waals surface area contributed by atoms with Crippen LogP contribution in [0, 0.1) is 5.92 Å². The summed E-state index contributed by atoms with van der Waals surface area (Å²) in [6.45, 7) is 1.30. The molecule has 0 aromatic heterocycles. The number of carbonyl (C=O) groups is 2. The van der Waals surface area contributed by atoms with Gasteiger partial charge in [0, 0.05) is 42.2 Å². The Hall–Kier alpha value is -2.54. The van der Waals surface area contributed by atoms with Gasteiger partial charge in [0.1, 0.15) is 0 Å². The number of piperidine rings is 1. The number of likely N-dealkylation sites (tertiary alicyclic amines) is 1. The lowest BCUT2D eigenvalue weighted by Gasteiger charge is -2.34. The van der Waals surface area contributed by atoms with Crippen molar-refractivity contribution in [1.82, 2.24) is 9.80 Å². The third-order valence-electron chi connectivity index (χ3n) is 6.13. The molecular formula is C24H24ClF3N2O2. The summed E-state index contributed by atoms with van der Waals surface area (Å²) in [5.41, 5.74) is 0.568. The van der Waals surface area contributed by atoms with Crippen LogP contribution in [0.15, 0.2) is 48.5 Å². The molecule has 2 aliphatic rings. The van der Waals surface area contributed by atoms with Crippen molar-refractivity contribution in [3.05, 3.63) is 70.2 Å². The topological polar surface area (TPSA) is 40.6 Å². The molecule has 0 spiro atoms. The lowest BCUT2D eigenvalue weighted by atomic mass is 9.94. The zero-order valence-electron chi connectivity index (χ0n) is 17.4. The molecule has 2 amide bonds. The van der Waals surface area contributed by atoms with E-state index in [9.17, 15) is 22.8 Å². The fourth-order valence-corrected chi connectivity index (χ4v) is 4.23. The van der Waals surface area contributed by atoms with Gasteiger partial charge in [0.25, 0.3) is 5.91 Å². The van der Waals surface area contributed by atoms with Crippen molar-refractivity contribution in [2.45, 2.75) is 44.4 Å². The van der Waals surface area contributed by atoms with Gasteiger partial charge in [-0.2, -0.15) is 13.2 Å². The van der Waals surface area contributed by atoms with E-state index in [0.717, 1.165) is 25.0 Å². The molecule has 2 aromatic carbocycles. The van der Waals surface area contributed by atoms with Gasteiger partial charge < -0.3 is 9.80 Å². The van der Waals surface area contributed by atoms with E-state index in [1.54, 1.807) is 29.2 Å². The van der Waals surface area contributed by atoms with Gasteiger partial charge in [0.05, 0.1) is 5.56 Å². The van der Waals surface area contributed by atoms with E-state index in [-0.39, 0.29) is 23.8 Å². The molecule has 2 fully saturated rings. The molecule has 1 heterocycles. The zero-order valence-corrected chi connectivity index (χ0v) is 18.2. The average Bonchev–Trinajstić information content (AvgIpc) is 3.62. The van der Waals surface area contributed by atoms with Crippen LogP contribution in [0.4, 0.5) is 13.2 Å². The fraction of sp³-hybridized carbons (Fsp3) is 0.417. The van der Waals surface area contributed by atoms with Crippen molar-refractivity contribution in [2.24, 2.45) is 5.92 Å². The smallest absolute Gasteiger partial charge is 0.339 e. The summed E-state index contributed by atoms with van der Waals surface area (Å²) in [6.07, 6.45) is -1.38. The summed E-state index contributed by atoms with van der Waals surface area (Å²) in [5.74, 6) is -0.221. The van der Waals surface area contributed by atoms with Crippen LogP contribution in [0.25, 0.3) is 0 Å². The van der Waals surface area contributed by atoms with E-state index in [2.05, 4.69) is 0 Å². The van der Waals surface area contributed by atoms with E-state index < -0.39 is 11.7 Å². The van der Waals surface area contributed by atoms with Crippen molar-refractivity contribution in [1.29, 1.82) is 0 Å². The third-order valence-corrected chi connectivity index (χ3v) is 6.38. The lowest BCUT2D eigenvalue weighted by molar-refractivity contribution is -0.139. The Bertz CT molecular complexity index is 964. The van der Waals surface area contributed by atoms with Crippen LogP contribution in [0.5, 0.6) is 0 Å². The molecule has 0 atom stereocenters. The largest absolute Gasteiger partial charge is 0.416 e. The minimum atomic E-state index is -4.37. The van der Waals surface area contributed by atoms with Gasteiger partial charge in [0.15, 0.2) is 0 Å². The highest BCUT2D eigenvalue weighted by Gasteiger charge is 2.37. The predicted octanol–water partition coefficient (Wildman–Crippen LogP) is 5.40. The number of amides is 2. The van der Waals surface area contributed by atoms with Crippen molar-refractivity contribution in [2.75, 3.05) is 13.1 Å². The van der Waals surface area contributed by atoms with Crippen LogP contribution in [0.1, 0.15) is 47.2 Å². The molecule has 2 aromatic rings. The zero-order chi connectivity index (χ0) is 22.9. The maximum Gasteiger partial charge on any atom is 0.416 e. The molecule has 1 saturated carbocycles. The van der Waals surface area contributed by atoms with Gasteiger partial charge >= 0.3 is 6.18 Å². The van der Waals surface area contributed by atoms with Gasteiger partial charge in [-0.05, 0) is 67.6 Å². The van der Waals surface area contributed by atoms with Crippen molar-refractivity contribution in [3.63, 3.8) is 0 Å². The highest BCUT2D eigenvalue weighted by Crippen LogP contribution is 2.33. The minimum absolute atomic E-state index is 0.0333. The molecule has 0 unspecified atom stereocenters. The molecule has 170 valence electrons. The first-order chi connectivity index (χ1) is 15.2. The van der Waals surface area contributed by atoms with E-state index in [1.165, 1.54) is 12.1 Å². The van der Waals surface area contributed by atoms with E-state index in [1.807, 2.05) is 4.90 Å². The first-order valence-corrected chi connectivity index (χ1v) is 11.1. The molecule has 32 heavy (non-hydrogen) atoms. The normalized spacial score (nSPS) is 17.3.